The maximum atomic E-state index is 8.74. The van der Waals surface area contributed by atoms with Crippen LogP contribution < -0.4 is 0 Å². The molecule has 0 radical (unpaired) electrons. The normalized spacial score (nSPS) is 9.21. The molecule has 14 heavy (non-hydrogen) atoms. The molecular formula is C9H23O3PZn. The fraction of sp³-hybridized carbons (Fsp3) is 1.00. The summed E-state index contributed by atoms with van der Waals surface area (Å²) in [6, 6.07) is 0. The van der Waals surface area contributed by atoms with Gasteiger partial charge in [0.1, 0.15) is 0 Å². The van der Waals surface area contributed by atoms with Crippen LogP contribution in [0.5, 0.6) is 0 Å². The quantitative estimate of drug-likeness (QED) is 0.426. The zero-order valence-electron chi connectivity index (χ0n) is 9.46. The molecule has 0 bridgehead atoms. The van der Waals surface area contributed by atoms with Crippen LogP contribution in [0.3, 0.4) is 0 Å². The first-order valence-corrected chi connectivity index (χ1v) is 11.1. The summed E-state index contributed by atoms with van der Waals surface area (Å²) in [4.78, 5) is 14.3. The minimum atomic E-state index is -3.13. The summed E-state index contributed by atoms with van der Waals surface area (Å²) in [7, 11) is -3.13. The Balaban J connectivity index is 0. The van der Waals surface area contributed by atoms with Gasteiger partial charge in [-0.15, -0.1) is 0 Å². The summed E-state index contributed by atoms with van der Waals surface area (Å²) >= 11 is -0.000139. The van der Waals surface area contributed by atoms with Crippen LogP contribution in [0.2, 0.25) is 10.0 Å². The number of rotatable bonds is 7. The molecule has 0 aromatic carbocycles. The Morgan fingerprint density at radius 1 is 1.00 bits per heavy atom. The molecule has 0 spiro atoms. The van der Waals surface area contributed by atoms with Crippen LogP contribution in [0.15, 0.2) is 0 Å². The van der Waals surface area contributed by atoms with E-state index in [0.29, 0.717) is 0 Å². The van der Waals surface area contributed by atoms with Gasteiger partial charge in [-0.3, -0.25) is 4.57 Å². The molecule has 0 atom stereocenters. The van der Waals surface area contributed by atoms with Crippen LogP contribution in [-0.2, 0) is 21.7 Å². The predicted molar refractivity (Wildman–Crippen MR) is 57.5 cm³/mol. The van der Waals surface area contributed by atoms with Gasteiger partial charge in [0.05, 0.1) is 0 Å². The maximum absolute atomic E-state index is 8.74. The number of hydrogen-bond donors (Lipinski definition) is 2. The van der Waals surface area contributed by atoms with Crippen molar-refractivity contribution >= 4 is 8.25 Å². The molecule has 5 heteroatoms. The summed E-state index contributed by atoms with van der Waals surface area (Å²) in [5.41, 5.74) is 0. The molecule has 0 rings (SSSR count). The van der Waals surface area contributed by atoms with E-state index in [9.17, 15) is 0 Å². The van der Waals surface area contributed by atoms with E-state index >= 15 is 0 Å². The van der Waals surface area contributed by atoms with E-state index in [2.05, 4.69) is 13.8 Å². The molecule has 84 valence electrons. The average Bonchev–Trinajstić information content (AvgIpc) is 2.10. The molecule has 0 aliphatic rings. The van der Waals surface area contributed by atoms with Crippen LogP contribution in [-0.4, -0.2) is 9.79 Å². The third kappa shape index (κ3) is 29.3. The van der Waals surface area contributed by atoms with Crippen LogP contribution in [0.1, 0.15) is 46.0 Å². The van der Waals surface area contributed by atoms with Gasteiger partial charge in [0.25, 0.3) is 0 Å². The van der Waals surface area contributed by atoms with Gasteiger partial charge in [-0.2, -0.15) is 0 Å². The van der Waals surface area contributed by atoms with Crippen LogP contribution in [0.25, 0.3) is 0 Å². The standard InChI is InChI=1S/C5H11.C4H9.H3O3P.Zn/c1-3-5-4-2;1-3-4-2;1-4(2)3;/h1,3-5H2,2H3;1,3-4H2,2H3;4H,(H2,1,2,3);. The van der Waals surface area contributed by atoms with Crippen molar-refractivity contribution in [2.24, 2.45) is 0 Å². The van der Waals surface area contributed by atoms with E-state index in [1.54, 1.807) is 16.5 Å². The van der Waals surface area contributed by atoms with Gasteiger partial charge in [0, 0.05) is 0 Å². The fourth-order valence-electron chi connectivity index (χ4n) is 1.21. The molecule has 0 aromatic rings. The molecule has 0 fully saturated rings. The summed E-state index contributed by atoms with van der Waals surface area (Å²) < 4.78 is 8.74. The minimum absolute atomic E-state index is 0.000139. The Hall–Kier alpha value is 0.773. The van der Waals surface area contributed by atoms with Crippen molar-refractivity contribution in [3.63, 3.8) is 0 Å². The van der Waals surface area contributed by atoms with Crippen molar-refractivity contribution < 1.29 is 31.5 Å². The Labute approximate surface area is 95.9 Å². The molecule has 0 aliphatic carbocycles. The molecule has 0 amide bonds. The molecule has 0 saturated heterocycles. The Bertz CT molecular complexity index is 111. The first kappa shape index (κ1) is 17.2. The second kappa shape index (κ2) is 16.2. The van der Waals surface area contributed by atoms with Crippen molar-refractivity contribution in [3.05, 3.63) is 0 Å². The average molecular weight is 276 g/mol. The second-order valence-corrected chi connectivity index (χ2v) is 8.42. The molecule has 0 saturated carbocycles. The van der Waals surface area contributed by atoms with Crippen LogP contribution >= 0.6 is 8.25 Å². The molecule has 3 nitrogen and oxygen atoms in total. The van der Waals surface area contributed by atoms with E-state index in [1.165, 1.54) is 25.7 Å². The first-order chi connectivity index (χ1) is 6.65. The largest absolute Gasteiger partial charge is 0.326 e. The number of hydrogen-bond acceptors (Lipinski definition) is 1. The summed E-state index contributed by atoms with van der Waals surface area (Å²) in [5, 5.41) is 3.30. The third-order valence-electron chi connectivity index (χ3n) is 1.96. The van der Waals surface area contributed by atoms with Gasteiger partial charge in [0.15, 0.2) is 0 Å². The van der Waals surface area contributed by atoms with Gasteiger partial charge >= 0.3 is 81.4 Å². The van der Waals surface area contributed by atoms with Crippen LogP contribution in [0, 0.1) is 0 Å². The molecule has 0 heterocycles. The molecule has 0 aromatic heterocycles. The molecule has 0 unspecified atom stereocenters. The molecule has 2 N–H and O–H groups in total. The maximum Gasteiger partial charge on any atom is 0.314 e. The summed E-state index contributed by atoms with van der Waals surface area (Å²) in [5.74, 6) is 0. The monoisotopic (exact) mass is 274 g/mol. The minimum Gasteiger partial charge on any atom is -0.326 e. The van der Waals surface area contributed by atoms with E-state index in [-0.39, 0.29) is 17.1 Å². The van der Waals surface area contributed by atoms with Gasteiger partial charge in [-0.05, 0) is 0 Å². The summed E-state index contributed by atoms with van der Waals surface area (Å²) in [6.45, 7) is 4.59. The number of unbranched alkanes of at least 4 members (excludes halogenated alkanes) is 3. The van der Waals surface area contributed by atoms with E-state index in [4.69, 9.17) is 14.4 Å². The molecular weight excluding hydrogens is 252 g/mol. The van der Waals surface area contributed by atoms with Gasteiger partial charge in [-0.25, -0.2) is 0 Å². The van der Waals surface area contributed by atoms with E-state index < -0.39 is 8.25 Å². The van der Waals surface area contributed by atoms with Crippen molar-refractivity contribution in [3.8, 4) is 0 Å². The predicted octanol–water partition coefficient (Wildman–Crippen LogP) is 3.26. The fourth-order valence-corrected chi connectivity index (χ4v) is 5.22. The van der Waals surface area contributed by atoms with Crippen molar-refractivity contribution in [2.45, 2.75) is 56.0 Å². The summed E-state index contributed by atoms with van der Waals surface area (Å²) in [6.07, 6.45) is 7.36. The Kier molecular flexibility index (Phi) is 19.9. The van der Waals surface area contributed by atoms with Crippen molar-refractivity contribution in [1.82, 2.24) is 0 Å². The van der Waals surface area contributed by atoms with Crippen LogP contribution in [0.4, 0.5) is 0 Å². The van der Waals surface area contributed by atoms with Gasteiger partial charge < -0.3 is 9.79 Å². The van der Waals surface area contributed by atoms with Crippen molar-refractivity contribution in [1.29, 1.82) is 0 Å². The SMILES string of the molecule is CCCC[CH2][Zn][CH2]CCC.O=[PH](O)O. The zero-order valence-corrected chi connectivity index (χ0v) is 13.4. The van der Waals surface area contributed by atoms with E-state index in [0.717, 1.165) is 0 Å². The topological polar surface area (TPSA) is 57.5 Å². The third-order valence-corrected chi connectivity index (χ3v) is 6.15. The second-order valence-electron chi connectivity index (χ2n) is 3.40. The smallest absolute Gasteiger partial charge is 0.314 e. The van der Waals surface area contributed by atoms with Gasteiger partial charge in [0.2, 0.25) is 0 Å². The van der Waals surface area contributed by atoms with E-state index in [1.807, 2.05) is 0 Å². The van der Waals surface area contributed by atoms with Crippen molar-refractivity contribution in [2.75, 3.05) is 0 Å². The Morgan fingerprint density at radius 2 is 1.43 bits per heavy atom. The Morgan fingerprint density at radius 3 is 1.86 bits per heavy atom. The zero-order chi connectivity index (χ0) is 11.2. The molecule has 0 aliphatic heterocycles. The van der Waals surface area contributed by atoms with Gasteiger partial charge in [-0.1, -0.05) is 0 Å². The first-order valence-electron chi connectivity index (χ1n) is 5.57.